The van der Waals surface area contributed by atoms with Crippen LogP contribution >= 0.6 is 0 Å². The van der Waals surface area contributed by atoms with E-state index >= 15 is 0 Å². The second-order valence-corrected chi connectivity index (χ2v) is 5.54. The van der Waals surface area contributed by atoms with Gasteiger partial charge in [0.15, 0.2) is 0 Å². The Morgan fingerprint density at radius 3 is 2.86 bits per heavy atom. The molecule has 1 heterocycles. The van der Waals surface area contributed by atoms with Crippen LogP contribution in [0.1, 0.15) is 24.0 Å². The molecule has 0 spiro atoms. The normalized spacial score (nSPS) is 18.0. The van der Waals surface area contributed by atoms with Gasteiger partial charge in [-0.05, 0) is 31.0 Å². The lowest BCUT2D eigenvalue weighted by molar-refractivity contribution is -0.126. The zero-order valence-corrected chi connectivity index (χ0v) is 12.8. The molecule has 2 amide bonds. The van der Waals surface area contributed by atoms with Gasteiger partial charge in [0.05, 0.1) is 19.1 Å². The molecule has 1 saturated heterocycles. The molecule has 1 aromatic rings. The van der Waals surface area contributed by atoms with Crippen LogP contribution in [-0.4, -0.2) is 43.0 Å². The molecule has 21 heavy (non-hydrogen) atoms. The van der Waals surface area contributed by atoms with Crippen molar-refractivity contribution in [2.24, 2.45) is 0 Å². The van der Waals surface area contributed by atoms with Crippen molar-refractivity contribution in [3.63, 3.8) is 0 Å². The Hall–Kier alpha value is -2.04. The number of likely N-dealkylation sites (N-methyl/N-ethyl adjacent to an activating group) is 1. The molecule has 5 heteroatoms. The Morgan fingerprint density at radius 2 is 2.19 bits per heavy atom. The van der Waals surface area contributed by atoms with Crippen LogP contribution in [0.3, 0.4) is 0 Å². The van der Waals surface area contributed by atoms with Gasteiger partial charge in [-0.1, -0.05) is 12.1 Å². The number of benzene rings is 1. The third kappa shape index (κ3) is 3.97. The largest absolute Gasteiger partial charge is 0.493 e. The lowest BCUT2D eigenvalue weighted by Gasteiger charge is -2.13. The van der Waals surface area contributed by atoms with E-state index in [1.54, 1.807) is 11.9 Å². The van der Waals surface area contributed by atoms with Crippen LogP contribution in [0.5, 0.6) is 5.75 Å². The molecular weight excluding hydrogens is 268 g/mol. The fourth-order valence-electron chi connectivity index (χ4n) is 2.39. The van der Waals surface area contributed by atoms with Crippen LogP contribution < -0.4 is 10.1 Å². The number of hydrogen-bond acceptors (Lipinski definition) is 3. The number of carbonyl (C=O) groups is 2. The number of ether oxygens (including phenoxy) is 1. The van der Waals surface area contributed by atoms with E-state index in [0.717, 1.165) is 11.3 Å². The van der Waals surface area contributed by atoms with Crippen LogP contribution in [0.4, 0.5) is 0 Å². The smallest absolute Gasteiger partial charge is 0.224 e. The molecule has 1 aliphatic rings. The Bertz CT molecular complexity index is 542. The molecular formula is C16H22N2O3. The van der Waals surface area contributed by atoms with Gasteiger partial charge < -0.3 is 15.0 Å². The number of nitrogens with one attached hydrogen (secondary N) is 1. The zero-order valence-electron chi connectivity index (χ0n) is 12.8. The lowest BCUT2D eigenvalue weighted by Crippen LogP contribution is -2.37. The summed E-state index contributed by atoms with van der Waals surface area (Å²) in [6.45, 7) is 4.96. The molecule has 1 aliphatic heterocycles. The lowest BCUT2D eigenvalue weighted by atomic mass is 10.1. The molecule has 0 radical (unpaired) electrons. The van der Waals surface area contributed by atoms with Crippen molar-refractivity contribution in [1.82, 2.24) is 10.2 Å². The Balaban J connectivity index is 1.75. The van der Waals surface area contributed by atoms with Crippen LogP contribution in [-0.2, 0) is 9.59 Å². The fraction of sp³-hybridized carbons (Fsp3) is 0.500. The number of carbonyl (C=O) groups excluding carboxylic acids is 2. The number of rotatable bonds is 5. The van der Waals surface area contributed by atoms with Crippen molar-refractivity contribution in [2.45, 2.75) is 32.7 Å². The van der Waals surface area contributed by atoms with Crippen LogP contribution in [0, 0.1) is 13.8 Å². The maximum Gasteiger partial charge on any atom is 0.224 e. The molecule has 114 valence electrons. The molecule has 2 rings (SSSR count). The molecule has 0 saturated carbocycles. The van der Waals surface area contributed by atoms with Gasteiger partial charge in [-0.25, -0.2) is 0 Å². The summed E-state index contributed by atoms with van der Waals surface area (Å²) in [7, 11) is 1.75. The van der Waals surface area contributed by atoms with Crippen molar-refractivity contribution in [2.75, 3.05) is 20.2 Å². The van der Waals surface area contributed by atoms with E-state index < -0.39 is 0 Å². The summed E-state index contributed by atoms with van der Waals surface area (Å²) in [5.41, 5.74) is 2.27. The van der Waals surface area contributed by atoms with Gasteiger partial charge in [0.2, 0.25) is 11.8 Å². The minimum absolute atomic E-state index is 0.0734. The van der Waals surface area contributed by atoms with Crippen LogP contribution in [0.15, 0.2) is 18.2 Å². The highest BCUT2D eigenvalue weighted by atomic mass is 16.5. The maximum atomic E-state index is 11.8. The van der Waals surface area contributed by atoms with E-state index in [0.29, 0.717) is 26.0 Å². The number of aryl methyl sites for hydroxylation is 1. The van der Waals surface area contributed by atoms with Crippen molar-refractivity contribution in [3.05, 3.63) is 29.3 Å². The summed E-state index contributed by atoms with van der Waals surface area (Å²) in [6, 6.07) is 5.81. The fourth-order valence-corrected chi connectivity index (χ4v) is 2.39. The third-order valence-corrected chi connectivity index (χ3v) is 3.85. The van der Waals surface area contributed by atoms with E-state index in [1.165, 1.54) is 5.56 Å². The average Bonchev–Trinajstić information content (AvgIpc) is 2.73. The van der Waals surface area contributed by atoms with Crippen molar-refractivity contribution >= 4 is 11.8 Å². The number of nitrogens with zero attached hydrogens (tertiary/aromatic N) is 1. The van der Waals surface area contributed by atoms with E-state index in [4.69, 9.17) is 4.74 Å². The summed E-state index contributed by atoms with van der Waals surface area (Å²) in [5, 5.41) is 2.87. The summed E-state index contributed by atoms with van der Waals surface area (Å²) >= 11 is 0. The summed E-state index contributed by atoms with van der Waals surface area (Å²) in [5.74, 6) is 0.818. The first-order chi connectivity index (χ1) is 9.97. The van der Waals surface area contributed by atoms with Gasteiger partial charge in [-0.3, -0.25) is 9.59 Å². The summed E-state index contributed by atoms with van der Waals surface area (Å²) < 4.78 is 5.66. The maximum absolute atomic E-state index is 11.8. The second kappa shape index (κ2) is 6.61. The molecule has 1 atom stereocenters. The highest BCUT2D eigenvalue weighted by Gasteiger charge is 2.27. The van der Waals surface area contributed by atoms with Crippen molar-refractivity contribution in [3.8, 4) is 5.75 Å². The molecule has 0 aliphatic carbocycles. The van der Waals surface area contributed by atoms with Gasteiger partial charge >= 0.3 is 0 Å². The Labute approximate surface area is 125 Å². The molecule has 1 aromatic carbocycles. The molecule has 0 bridgehead atoms. The molecule has 1 N–H and O–H groups in total. The molecule has 0 aromatic heterocycles. The monoisotopic (exact) mass is 290 g/mol. The van der Waals surface area contributed by atoms with Crippen molar-refractivity contribution < 1.29 is 14.3 Å². The topological polar surface area (TPSA) is 58.6 Å². The first-order valence-electron chi connectivity index (χ1n) is 7.19. The minimum Gasteiger partial charge on any atom is -0.493 e. The first kappa shape index (κ1) is 15.4. The van der Waals surface area contributed by atoms with E-state index in [-0.39, 0.29) is 17.9 Å². The summed E-state index contributed by atoms with van der Waals surface area (Å²) in [4.78, 5) is 24.9. The van der Waals surface area contributed by atoms with Gasteiger partial charge in [-0.2, -0.15) is 0 Å². The van der Waals surface area contributed by atoms with Gasteiger partial charge in [0.25, 0.3) is 0 Å². The standard InChI is InChI=1S/C16H22N2O3/c1-11-5-4-6-14(12(11)2)21-8-7-15(19)17-13-9-16(20)18(3)10-13/h4-6,13H,7-10H2,1-3H3,(H,17,19). The predicted octanol–water partition coefficient (Wildman–Crippen LogP) is 1.42. The highest BCUT2D eigenvalue weighted by molar-refractivity contribution is 5.82. The minimum atomic E-state index is -0.0755. The molecule has 5 nitrogen and oxygen atoms in total. The number of likely N-dealkylation sites (tertiary alicyclic amines) is 1. The molecule has 1 unspecified atom stereocenters. The highest BCUT2D eigenvalue weighted by Crippen LogP contribution is 2.20. The average molecular weight is 290 g/mol. The van der Waals surface area contributed by atoms with Gasteiger partial charge in [0, 0.05) is 20.0 Å². The molecule has 1 fully saturated rings. The number of hydrogen-bond donors (Lipinski definition) is 1. The quantitative estimate of drug-likeness (QED) is 0.892. The SMILES string of the molecule is Cc1cccc(OCCC(=O)NC2CC(=O)N(C)C2)c1C. The van der Waals surface area contributed by atoms with E-state index in [1.807, 2.05) is 32.0 Å². The summed E-state index contributed by atoms with van der Waals surface area (Å²) in [6.07, 6.45) is 0.682. The van der Waals surface area contributed by atoms with Crippen LogP contribution in [0.2, 0.25) is 0 Å². The third-order valence-electron chi connectivity index (χ3n) is 3.85. The Morgan fingerprint density at radius 1 is 1.43 bits per heavy atom. The predicted molar refractivity (Wildman–Crippen MR) is 80.2 cm³/mol. The van der Waals surface area contributed by atoms with E-state index in [9.17, 15) is 9.59 Å². The van der Waals surface area contributed by atoms with Crippen molar-refractivity contribution in [1.29, 1.82) is 0 Å². The van der Waals surface area contributed by atoms with E-state index in [2.05, 4.69) is 5.32 Å². The van der Waals surface area contributed by atoms with Gasteiger partial charge in [-0.15, -0.1) is 0 Å². The van der Waals surface area contributed by atoms with Gasteiger partial charge in [0.1, 0.15) is 5.75 Å². The number of amides is 2. The van der Waals surface area contributed by atoms with Crippen LogP contribution in [0.25, 0.3) is 0 Å². The zero-order chi connectivity index (χ0) is 15.4. The first-order valence-corrected chi connectivity index (χ1v) is 7.19. The second-order valence-electron chi connectivity index (χ2n) is 5.54. The Kier molecular flexibility index (Phi) is 4.83.